The second-order valence-electron chi connectivity index (χ2n) is 2.69. The van der Waals surface area contributed by atoms with E-state index in [0.717, 1.165) is 19.3 Å². The molecule has 0 fully saturated rings. The summed E-state index contributed by atoms with van der Waals surface area (Å²) in [6.07, 6.45) is 3.67. The molecule has 1 unspecified atom stereocenters. The summed E-state index contributed by atoms with van der Waals surface area (Å²) in [5.41, 5.74) is 0. The van der Waals surface area contributed by atoms with Gasteiger partial charge in [-0.15, -0.1) is 0 Å². The summed E-state index contributed by atoms with van der Waals surface area (Å²) in [5, 5.41) is 11.3. The lowest BCUT2D eigenvalue weighted by Crippen LogP contribution is -2.22. The van der Waals surface area contributed by atoms with Crippen molar-refractivity contribution in [2.45, 2.75) is 26.2 Å². The Labute approximate surface area is 67.8 Å². The maximum absolute atomic E-state index is 9.94. The largest absolute Gasteiger partial charge is 0.396 e. The molecule has 0 radical (unpaired) electrons. The molecule has 3 nitrogen and oxygen atoms in total. The van der Waals surface area contributed by atoms with Crippen molar-refractivity contribution in [1.29, 1.82) is 0 Å². The highest BCUT2D eigenvalue weighted by Gasteiger charge is 2.05. The van der Waals surface area contributed by atoms with Crippen LogP contribution in [0.2, 0.25) is 0 Å². The summed E-state index contributed by atoms with van der Waals surface area (Å²) >= 11 is 0. The zero-order valence-corrected chi connectivity index (χ0v) is 7.05. The zero-order chi connectivity index (χ0) is 8.53. The Hall–Kier alpha value is -0.570. The molecule has 1 amide bonds. The van der Waals surface area contributed by atoms with Crippen LogP contribution in [-0.4, -0.2) is 24.7 Å². The molecule has 0 spiro atoms. The first-order valence-electron chi connectivity index (χ1n) is 4.13. The highest BCUT2D eigenvalue weighted by atomic mass is 16.3. The smallest absolute Gasteiger partial charge is 0.207 e. The Morgan fingerprint density at radius 2 is 2.27 bits per heavy atom. The lowest BCUT2D eigenvalue weighted by molar-refractivity contribution is -0.109. The molecule has 0 heterocycles. The third-order valence-corrected chi connectivity index (χ3v) is 1.72. The minimum absolute atomic E-state index is 0.213. The normalized spacial score (nSPS) is 12.5. The third-order valence-electron chi connectivity index (χ3n) is 1.72. The quantitative estimate of drug-likeness (QED) is 0.532. The van der Waals surface area contributed by atoms with E-state index in [1.54, 1.807) is 0 Å². The van der Waals surface area contributed by atoms with Crippen LogP contribution in [-0.2, 0) is 4.79 Å². The summed E-state index contributed by atoms with van der Waals surface area (Å²) in [7, 11) is 0. The van der Waals surface area contributed by atoms with Gasteiger partial charge in [-0.1, -0.05) is 13.3 Å². The van der Waals surface area contributed by atoms with Gasteiger partial charge in [-0.2, -0.15) is 0 Å². The number of hydrogen-bond donors (Lipinski definition) is 2. The number of nitrogens with one attached hydrogen (secondary N) is 1. The second kappa shape index (κ2) is 7.54. The van der Waals surface area contributed by atoms with Crippen LogP contribution in [0.4, 0.5) is 0 Å². The Kier molecular flexibility index (Phi) is 7.15. The van der Waals surface area contributed by atoms with Gasteiger partial charge in [-0.05, 0) is 18.8 Å². The molecule has 3 heteroatoms. The van der Waals surface area contributed by atoms with E-state index in [9.17, 15) is 4.79 Å². The molecule has 0 aliphatic carbocycles. The third kappa shape index (κ3) is 5.85. The minimum atomic E-state index is 0.213. The molecule has 1 atom stereocenters. The van der Waals surface area contributed by atoms with Gasteiger partial charge in [0, 0.05) is 13.2 Å². The second-order valence-corrected chi connectivity index (χ2v) is 2.69. The Morgan fingerprint density at radius 3 is 2.73 bits per heavy atom. The van der Waals surface area contributed by atoms with Crippen LogP contribution in [0.25, 0.3) is 0 Å². The van der Waals surface area contributed by atoms with Crippen molar-refractivity contribution < 1.29 is 9.90 Å². The van der Waals surface area contributed by atoms with Gasteiger partial charge in [0.15, 0.2) is 0 Å². The van der Waals surface area contributed by atoms with E-state index in [4.69, 9.17) is 5.11 Å². The number of rotatable bonds is 7. The van der Waals surface area contributed by atoms with E-state index in [2.05, 4.69) is 12.2 Å². The monoisotopic (exact) mass is 159 g/mol. The highest BCUT2D eigenvalue weighted by molar-refractivity contribution is 5.45. The molecular weight excluding hydrogens is 142 g/mol. The lowest BCUT2D eigenvalue weighted by Gasteiger charge is -2.12. The number of hydrogen-bond acceptors (Lipinski definition) is 2. The minimum Gasteiger partial charge on any atom is -0.396 e. The van der Waals surface area contributed by atoms with Crippen LogP contribution in [0, 0.1) is 5.92 Å². The van der Waals surface area contributed by atoms with Gasteiger partial charge in [0.25, 0.3) is 0 Å². The number of amides is 1. The standard InChI is InChI=1S/C8H17NO2/c1-2-3-8(4-5-10)6-9-7-11/h7-8,10H,2-6H2,1H3,(H,9,11). The summed E-state index contributed by atoms with van der Waals surface area (Å²) < 4.78 is 0. The molecule has 0 aliphatic rings. The van der Waals surface area contributed by atoms with Crippen molar-refractivity contribution in [3.05, 3.63) is 0 Å². The van der Waals surface area contributed by atoms with Gasteiger partial charge >= 0.3 is 0 Å². The predicted molar refractivity (Wildman–Crippen MR) is 44.2 cm³/mol. The van der Waals surface area contributed by atoms with Crippen LogP contribution in [0.15, 0.2) is 0 Å². The average Bonchev–Trinajstić information content (AvgIpc) is 2.01. The molecule has 0 aromatic carbocycles. The van der Waals surface area contributed by atoms with E-state index >= 15 is 0 Å². The van der Waals surface area contributed by atoms with Crippen molar-refractivity contribution in [2.75, 3.05) is 13.2 Å². The fraction of sp³-hybridized carbons (Fsp3) is 0.875. The summed E-state index contributed by atoms with van der Waals surface area (Å²) in [6.45, 7) is 3.01. The lowest BCUT2D eigenvalue weighted by atomic mass is 10.0. The highest BCUT2D eigenvalue weighted by Crippen LogP contribution is 2.08. The summed E-state index contributed by atoms with van der Waals surface area (Å²) in [6, 6.07) is 0. The van der Waals surface area contributed by atoms with Crippen molar-refractivity contribution in [3.63, 3.8) is 0 Å². The molecule has 0 bridgehead atoms. The van der Waals surface area contributed by atoms with Crippen LogP contribution < -0.4 is 5.32 Å². The van der Waals surface area contributed by atoms with Gasteiger partial charge in [-0.3, -0.25) is 4.79 Å². The maximum Gasteiger partial charge on any atom is 0.207 e. The average molecular weight is 159 g/mol. The van der Waals surface area contributed by atoms with Gasteiger partial charge in [0.1, 0.15) is 0 Å². The Balaban J connectivity index is 3.41. The van der Waals surface area contributed by atoms with Crippen molar-refractivity contribution >= 4 is 6.41 Å². The van der Waals surface area contributed by atoms with Crippen molar-refractivity contribution in [3.8, 4) is 0 Å². The van der Waals surface area contributed by atoms with E-state index < -0.39 is 0 Å². The molecule has 0 saturated heterocycles. The Bertz CT molecular complexity index is 90.1. The van der Waals surface area contributed by atoms with Crippen LogP contribution >= 0.6 is 0 Å². The number of aliphatic hydroxyl groups excluding tert-OH is 1. The van der Waals surface area contributed by atoms with Crippen LogP contribution in [0.5, 0.6) is 0 Å². The van der Waals surface area contributed by atoms with E-state index in [1.807, 2.05) is 0 Å². The zero-order valence-electron chi connectivity index (χ0n) is 7.05. The molecule has 0 aliphatic heterocycles. The maximum atomic E-state index is 9.94. The van der Waals surface area contributed by atoms with Crippen LogP contribution in [0.1, 0.15) is 26.2 Å². The first-order chi connectivity index (χ1) is 5.35. The Morgan fingerprint density at radius 1 is 1.55 bits per heavy atom. The predicted octanol–water partition coefficient (Wildman–Crippen LogP) is 0.531. The van der Waals surface area contributed by atoms with Gasteiger partial charge in [-0.25, -0.2) is 0 Å². The fourth-order valence-electron chi connectivity index (χ4n) is 1.15. The molecule has 2 N–H and O–H groups in total. The van der Waals surface area contributed by atoms with Gasteiger partial charge < -0.3 is 10.4 Å². The molecule has 0 aromatic rings. The van der Waals surface area contributed by atoms with E-state index in [1.165, 1.54) is 0 Å². The molecule has 0 rings (SSSR count). The molecular formula is C8H17NO2. The first kappa shape index (κ1) is 10.4. The van der Waals surface area contributed by atoms with Crippen molar-refractivity contribution in [2.24, 2.45) is 5.92 Å². The topological polar surface area (TPSA) is 49.3 Å². The van der Waals surface area contributed by atoms with Crippen molar-refractivity contribution in [1.82, 2.24) is 5.32 Å². The fourth-order valence-corrected chi connectivity index (χ4v) is 1.15. The molecule has 11 heavy (non-hydrogen) atoms. The van der Waals surface area contributed by atoms with E-state index in [0.29, 0.717) is 18.9 Å². The summed E-state index contributed by atoms with van der Waals surface area (Å²) in [5.74, 6) is 0.440. The molecule has 0 aromatic heterocycles. The summed E-state index contributed by atoms with van der Waals surface area (Å²) in [4.78, 5) is 9.94. The molecule has 66 valence electrons. The molecule has 0 saturated carbocycles. The van der Waals surface area contributed by atoms with Crippen LogP contribution in [0.3, 0.4) is 0 Å². The first-order valence-corrected chi connectivity index (χ1v) is 4.13. The van der Waals surface area contributed by atoms with Gasteiger partial charge in [0.2, 0.25) is 6.41 Å². The SMILES string of the molecule is CCCC(CCO)CNC=O. The number of aliphatic hydroxyl groups is 1. The number of carbonyl (C=O) groups is 1. The van der Waals surface area contributed by atoms with E-state index in [-0.39, 0.29) is 6.61 Å². The van der Waals surface area contributed by atoms with Gasteiger partial charge in [0.05, 0.1) is 0 Å². The number of carbonyl (C=O) groups excluding carboxylic acids is 1.